The van der Waals surface area contributed by atoms with Crippen molar-refractivity contribution in [1.82, 2.24) is 14.9 Å². The summed E-state index contributed by atoms with van der Waals surface area (Å²) in [4.78, 5) is 35.5. The van der Waals surface area contributed by atoms with Crippen molar-refractivity contribution >= 4 is 39.5 Å². The van der Waals surface area contributed by atoms with Gasteiger partial charge in [-0.05, 0) is 43.2 Å². The van der Waals surface area contributed by atoms with Crippen molar-refractivity contribution in [3.63, 3.8) is 0 Å². The summed E-state index contributed by atoms with van der Waals surface area (Å²) in [5.41, 5.74) is -0.0859. The molecule has 1 aliphatic rings. The molecule has 1 aromatic heterocycles. The number of furan rings is 1. The molecule has 1 fully saturated rings. The Hall–Kier alpha value is -2.89. The fraction of sp³-hybridized carbons (Fsp3) is 0.316. The number of carbonyl (C=O) groups is 3. The maximum Gasteiger partial charge on any atom is 0.338 e. The van der Waals surface area contributed by atoms with E-state index in [0.29, 0.717) is 18.8 Å². The molecule has 31 heavy (non-hydrogen) atoms. The van der Waals surface area contributed by atoms with E-state index in [4.69, 9.17) is 20.8 Å². The minimum Gasteiger partial charge on any atom is -0.467 e. The monoisotopic (exact) mass is 469 g/mol. The van der Waals surface area contributed by atoms with Crippen LogP contribution in [0.5, 0.6) is 0 Å². The quantitative estimate of drug-likeness (QED) is 0.591. The highest BCUT2D eigenvalue weighted by Gasteiger charge is 2.30. The van der Waals surface area contributed by atoms with E-state index in [-0.39, 0.29) is 22.0 Å². The van der Waals surface area contributed by atoms with E-state index >= 15 is 0 Å². The van der Waals surface area contributed by atoms with Crippen molar-refractivity contribution in [3.8, 4) is 0 Å². The Morgan fingerprint density at radius 3 is 2.58 bits per heavy atom. The number of carbonyl (C=O) groups excluding carboxylic acids is 3. The van der Waals surface area contributed by atoms with Gasteiger partial charge in [0.25, 0.3) is 5.91 Å². The lowest BCUT2D eigenvalue weighted by atomic mass is 10.2. The Morgan fingerprint density at radius 1 is 1.16 bits per heavy atom. The highest BCUT2D eigenvalue weighted by molar-refractivity contribution is 7.89. The molecule has 0 unspecified atom stereocenters. The van der Waals surface area contributed by atoms with Crippen LogP contribution in [0.1, 0.15) is 29.0 Å². The molecule has 1 saturated heterocycles. The number of nitrogens with one attached hydrogen (secondary N) is 2. The van der Waals surface area contributed by atoms with E-state index in [2.05, 4.69) is 5.32 Å². The third kappa shape index (κ3) is 5.84. The van der Waals surface area contributed by atoms with Crippen LogP contribution in [0.3, 0.4) is 0 Å². The van der Waals surface area contributed by atoms with Crippen LogP contribution in [0, 0.1) is 0 Å². The van der Waals surface area contributed by atoms with E-state index in [1.165, 1.54) is 22.7 Å². The molecule has 2 N–H and O–H groups in total. The van der Waals surface area contributed by atoms with Gasteiger partial charge >= 0.3 is 12.0 Å². The summed E-state index contributed by atoms with van der Waals surface area (Å²) in [6, 6.07) is 6.20. The van der Waals surface area contributed by atoms with Gasteiger partial charge < -0.3 is 14.5 Å². The molecule has 0 saturated carbocycles. The number of hydrogen-bond acceptors (Lipinski definition) is 7. The maximum absolute atomic E-state index is 12.7. The zero-order valence-corrected chi connectivity index (χ0v) is 17.9. The summed E-state index contributed by atoms with van der Waals surface area (Å²) in [5, 5.41) is 4.38. The first-order valence-corrected chi connectivity index (χ1v) is 11.2. The summed E-state index contributed by atoms with van der Waals surface area (Å²) >= 11 is 6.04. The molecule has 1 aliphatic heterocycles. The van der Waals surface area contributed by atoms with Crippen molar-refractivity contribution in [2.45, 2.75) is 24.3 Å². The summed E-state index contributed by atoms with van der Waals surface area (Å²) in [5.74, 6) is -1.29. The Kier molecular flexibility index (Phi) is 7.31. The van der Waals surface area contributed by atoms with Crippen LogP contribution in [-0.4, -0.2) is 50.3 Å². The van der Waals surface area contributed by atoms with Gasteiger partial charge in [-0.3, -0.25) is 10.1 Å². The van der Waals surface area contributed by atoms with E-state index in [9.17, 15) is 22.8 Å². The fourth-order valence-corrected chi connectivity index (χ4v) is 4.91. The first-order valence-electron chi connectivity index (χ1n) is 9.34. The first-order chi connectivity index (χ1) is 14.8. The van der Waals surface area contributed by atoms with E-state index in [1.807, 2.05) is 5.32 Å². The first kappa shape index (κ1) is 22.8. The zero-order chi connectivity index (χ0) is 22.4. The molecule has 0 bridgehead atoms. The Morgan fingerprint density at radius 2 is 1.90 bits per heavy atom. The maximum atomic E-state index is 12.7. The molecule has 10 nitrogen and oxygen atoms in total. The SMILES string of the molecule is O=C(COC(=O)c1ccc(Cl)c(S(=O)(=O)N2CCCC2)c1)NC(=O)NCc1ccco1. The number of rotatable bonds is 7. The molecular formula is C19H20ClN3O7S. The topological polar surface area (TPSA) is 135 Å². The van der Waals surface area contributed by atoms with Crippen molar-refractivity contribution < 1.29 is 32.0 Å². The third-order valence-electron chi connectivity index (χ3n) is 4.44. The molecule has 0 aliphatic carbocycles. The molecule has 0 atom stereocenters. The predicted molar refractivity (Wildman–Crippen MR) is 109 cm³/mol. The highest BCUT2D eigenvalue weighted by Crippen LogP contribution is 2.28. The fourth-order valence-electron chi connectivity index (χ4n) is 2.90. The lowest BCUT2D eigenvalue weighted by molar-refractivity contribution is -0.123. The van der Waals surface area contributed by atoms with Crippen molar-refractivity contribution in [1.29, 1.82) is 0 Å². The molecule has 166 valence electrons. The minimum absolute atomic E-state index is 0.0191. The second-order valence-corrected chi connectivity index (χ2v) is 8.96. The zero-order valence-electron chi connectivity index (χ0n) is 16.3. The lowest BCUT2D eigenvalue weighted by Crippen LogP contribution is -2.41. The second kappa shape index (κ2) is 9.94. The molecular weight excluding hydrogens is 450 g/mol. The van der Waals surface area contributed by atoms with Crippen LogP contribution in [-0.2, 0) is 26.1 Å². The van der Waals surface area contributed by atoms with Crippen LogP contribution in [0.25, 0.3) is 0 Å². The summed E-state index contributed by atoms with van der Waals surface area (Å²) < 4.78 is 36.7. The van der Waals surface area contributed by atoms with Gasteiger partial charge in [-0.1, -0.05) is 11.6 Å². The standard InChI is InChI=1S/C19H20ClN3O7S/c20-15-6-5-13(10-16(15)31(27,28)23-7-1-2-8-23)18(25)30-12-17(24)22-19(26)21-11-14-4-3-9-29-14/h3-6,9-10H,1-2,7-8,11-12H2,(H2,21,22,24,26). The number of amides is 3. The van der Waals surface area contributed by atoms with Crippen molar-refractivity contribution in [2.24, 2.45) is 0 Å². The average molecular weight is 470 g/mol. The van der Waals surface area contributed by atoms with E-state index < -0.39 is 34.5 Å². The molecule has 1 aromatic carbocycles. The average Bonchev–Trinajstić information content (AvgIpc) is 3.45. The Balaban J connectivity index is 1.55. The molecule has 3 amide bonds. The smallest absolute Gasteiger partial charge is 0.338 e. The molecule has 12 heteroatoms. The minimum atomic E-state index is -3.84. The number of urea groups is 1. The molecule has 0 spiro atoms. The molecule has 3 rings (SSSR count). The van der Waals surface area contributed by atoms with Gasteiger partial charge in [0.2, 0.25) is 10.0 Å². The van der Waals surface area contributed by atoms with Crippen LogP contribution in [0.15, 0.2) is 45.9 Å². The summed E-state index contributed by atoms with van der Waals surface area (Å²) in [7, 11) is -3.84. The number of hydrogen-bond donors (Lipinski definition) is 2. The summed E-state index contributed by atoms with van der Waals surface area (Å²) in [6.07, 6.45) is 2.95. The molecule has 0 radical (unpaired) electrons. The van der Waals surface area contributed by atoms with E-state index in [1.54, 1.807) is 12.1 Å². The van der Waals surface area contributed by atoms with Gasteiger partial charge in [-0.15, -0.1) is 0 Å². The lowest BCUT2D eigenvalue weighted by Gasteiger charge is -2.17. The van der Waals surface area contributed by atoms with Gasteiger partial charge in [-0.2, -0.15) is 4.31 Å². The number of halogens is 1. The second-order valence-electron chi connectivity index (χ2n) is 6.64. The van der Waals surface area contributed by atoms with Gasteiger partial charge in [0.1, 0.15) is 10.7 Å². The Labute approximate surface area is 183 Å². The van der Waals surface area contributed by atoms with Crippen LogP contribution >= 0.6 is 11.6 Å². The predicted octanol–water partition coefficient (Wildman–Crippen LogP) is 1.90. The number of imide groups is 1. The van der Waals surface area contributed by atoms with Gasteiger partial charge in [0.15, 0.2) is 6.61 Å². The third-order valence-corrected chi connectivity index (χ3v) is 6.82. The number of nitrogens with zero attached hydrogens (tertiary/aromatic N) is 1. The number of sulfonamides is 1. The van der Waals surface area contributed by atoms with Crippen LogP contribution in [0.4, 0.5) is 4.79 Å². The van der Waals surface area contributed by atoms with Crippen molar-refractivity contribution in [2.75, 3.05) is 19.7 Å². The van der Waals surface area contributed by atoms with Gasteiger partial charge in [0, 0.05) is 13.1 Å². The largest absolute Gasteiger partial charge is 0.467 e. The van der Waals surface area contributed by atoms with Crippen LogP contribution < -0.4 is 10.6 Å². The summed E-state index contributed by atoms with van der Waals surface area (Å²) in [6.45, 7) is 0.111. The highest BCUT2D eigenvalue weighted by atomic mass is 35.5. The molecule has 2 aromatic rings. The van der Waals surface area contributed by atoms with Crippen molar-refractivity contribution in [3.05, 3.63) is 52.9 Å². The van der Waals surface area contributed by atoms with Gasteiger partial charge in [-0.25, -0.2) is 18.0 Å². The number of esters is 1. The normalized spacial score (nSPS) is 14.2. The van der Waals surface area contributed by atoms with Gasteiger partial charge in [0.05, 0.1) is 23.4 Å². The van der Waals surface area contributed by atoms with E-state index in [0.717, 1.165) is 18.9 Å². The Bertz CT molecular complexity index is 1060. The number of benzene rings is 1. The molecule has 2 heterocycles. The number of ether oxygens (including phenoxy) is 1. The van der Waals surface area contributed by atoms with Crippen LogP contribution in [0.2, 0.25) is 5.02 Å².